The van der Waals surface area contributed by atoms with E-state index < -0.39 is 18.5 Å². The highest BCUT2D eigenvalue weighted by atomic mass is 16.5. The normalized spacial score (nSPS) is 10.9. The van der Waals surface area contributed by atoms with Gasteiger partial charge in [0, 0.05) is 18.1 Å². The largest absolute Gasteiger partial charge is 0.451 e. The average molecular weight is 441 g/mol. The van der Waals surface area contributed by atoms with Gasteiger partial charge in [0.05, 0.1) is 16.8 Å². The van der Waals surface area contributed by atoms with Crippen molar-refractivity contribution in [2.75, 3.05) is 11.9 Å². The van der Waals surface area contributed by atoms with E-state index >= 15 is 0 Å². The zero-order chi connectivity index (χ0) is 23.2. The molecule has 4 rings (SSSR count). The third-order valence-electron chi connectivity index (χ3n) is 4.67. The number of rotatable bonds is 6. The molecule has 1 amide bonds. The van der Waals surface area contributed by atoms with Crippen LogP contribution in [0.1, 0.15) is 10.5 Å². The van der Waals surface area contributed by atoms with Crippen LogP contribution in [0.3, 0.4) is 0 Å². The van der Waals surface area contributed by atoms with E-state index in [2.05, 4.69) is 20.6 Å². The van der Waals surface area contributed by atoms with E-state index in [9.17, 15) is 14.4 Å². The van der Waals surface area contributed by atoms with Crippen LogP contribution in [-0.2, 0) is 16.6 Å². The topological polar surface area (TPSA) is 115 Å². The van der Waals surface area contributed by atoms with Crippen molar-refractivity contribution in [2.45, 2.75) is 0 Å². The van der Waals surface area contributed by atoms with Crippen LogP contribution < -0.4 is 10.9 Å². The van der Waals surface area contributed by atoms with Gasteiger partial charge in [-0.25, -0.2) is 9.48 Å². The van der Waals surface area contributed by atoms with Crippen LogP contribution >= 0.6 is 0 Å². The van der Waals surface area contributed by atoms with Gasteiger partial charge in [0.15, 0.2) is 12.3 Å². The number of hydrogen-bond acceptors (Lipinski definition) is 7. The molecule has 0 atom stereocenters. The highest BCUT2D eigenvalue weighted by Gasteiger charge is 2.18. The molecule has 33 heavy (non-hydrogen) atoms. The van der Waals surface area contributed by atoms with Crippen LogP contribution in [-0.4, -0.2) is 28.3 Å². The van der Waals surface area contributed by atoms with E-state index in [0.29, 0.717) is 22.1 Å². The van der Waals surface area contributed by atoms with Gasteiger partial charge in [-0.1, -0.05) is 36.4 Å². The Morgan fingerprint density at radius 2 is 1.48 bits per heavy atom. The van der Waals surface area contributed by atoms with Crippen molar-refractivity contribution in [3.05, 3.63) is 94.9 Å². The Bertz CT molecular complexity index is 1400. The molecular weight excluding hydrogens is 422 g/mol. The fourth-order valence-electron chi connectivity index (χ4n) is 3.07. The number of aryl methyl sites for hydroxylation is 1. The van der Waals surface area contributed by atoms with Crippen molar-refractivity contribution in [2.24, 2.45) is 17.3 Å². The summed E-state index contributed by atoms with van der Waals surface area (Å²) < 4.78 is 6.18. The first-order valence-corrected chi connectivity index (χ1v) is 10.0. The Morgan fingerprint density at radius 1 is 0.879 bits per heavy atom. The van der Waals surface area contributed by atoms with E-state index in [4.69, 9.17) is 4.74 Å². The van der Waals surface area contributed by atoms with E-state index in [-0.39, 0.29) is 11.3 Å². The second-order valence-electron chi connectivity index (χ2n) is 7.03. The van der Waals surface area contributed by atoms with Crippen molar-refractivity contribution < 1.29 is 14.3 Å². The van der Waals surface area contributed by atoms with Gasteiger partial charge in [-0.2, -0.15) is 15.3 Å². The molecule has 9 nitrogen and oxygen atoms in total. The molecule has 1 N–H and O–H groups in total. The average Bonchev–Trinajstić information content (AvgIpc) is 2.85. The molecule has 3 aromatic carbocycles. The Hall–Kier alpha value is -4.66. The molecule has 0 saturated heterocycles. The molecule has 164 valence electrons. The number of aromatic nitrogens is 2. The molecular formula is C24H19N5O4. The Kier molecular flexibility index (Phi) is 6.31. The van der Waals surface area contributed by atoms with Gasteiger partial charge in [-0.15, -0.1) is 0 Å². The lowest BCUT2D eigenvalue weighted by Gasteiger charge is -2.09. The number of nitrogens with zero attached hydrogens (tertiary/aromatic N) is 4. The third-order valence-corrected chi connectivity index (χ3v) is 4.67. The van der Waals surface area contributed by atoms with Gasteiger partial charge in [0.2, 0.25) is 0 Å². The minimum absolute atomic E-state index is 0.0337. The smallest absolute Gasteiger partial charge is 0.359 e. The number of carbonyl (C=O) groups excluding carboxylic acids is 2. The number of hydrogen-bond donors (Lipinski definition) is 1. The Balaban J connectivity index is 1.36. The summed E-state index contributed by atoms with van der Waals surface area (Å²) in [7, 11) is 1.45. The maximum absolute atomic E-state index is 12.5. The zero-order valence-electron chi connectivity index (χ0n) is 17.6. The molecule has 0 aliphatic carbocycles. The molecule has 1 heterocycles. The summed E-state index contributed by atoms with van der Waals surface area (Å²) in [4.78, 5) is 36.9. The number of ether oxygens (including phenoxy) is 1. The number of benzene rings is 3. The molecule has 0 spiro atoms. The molecule has 0 saturated carbocycles. The lowest BCUT2D eigenvalue weighted by atomic mass is 10.1. The molecule has 9 heteroatoms. The van der Waals surface area contributed by atoms with Gasteiger partial charge < -0.3 is 10.1 Å². The fraction of sp³-hybridized carbons (Fsp3) is 0.0833. The van der Waals surface area contributed by atoms with Gasteiger partial charge in [-0.3, -0.25) is 9.59 Å². The summed E-state index contributed by atoms with van der Waals surface area (Å²) in [6.07, 6.45) is 0. The Labute approximate surface area is 188 Å². The molecule has 1 aromatic heterocycles. The highest BCUT2D eigenvalue weighted by Crippen LogP contribution is 2.20. The monoisotopic (exact) mass is 441 g/mol. The van der Waals surface area contributed by atoms with Crippen LogP contribution in [0.5, 0.6) is 0 Å². The number of fused-ring (bicyclic) bond motifs is 1. The molecule has 0 radical (unpaired) electrons. The van der Waals surface area contributed by atoms with Crippen molar-refractivity contribution >= 4 is 39.7 Å². The van der Waals surface area contributed by atoms with Crippen LogP contribution in [0.15, 0.2) is 93.9 Å². The van der Waals surface area contributed by atoms with Gasteiger partial charge >= 0.3 is 5.97 Å². The minimum Gasteiger partial charge on any atom is -0.451 e. The number of amides is 1. The Morgan fingerprint density at radius 3 is 2.18 bits per heavy atom. The maximum atomic E-state index is 12.5. The van der Waals surface area contributed by atoms with Crippen molar-refractivity contribution in [3.63, 3.8) is 0 Å². The molecule has 4 aromatic rings. The molecule has 0 unspecified atom stereocenters. The highest BCUT2D eigenvalue weighted by molar-refractivity contribution is 6.03. The molecule has 0 bridgehead atoms. The first-order chi connectivity index (χ1) is 16.0. The number of azo groups is 1. The van der Waals surface area contributed by atoms with E-state index in [1.54, 1.807) is 48.5 Å². The number of anilines is 1. The first-order valence-electron chi connectivity index (χ1n) is 10.0. The maximum Gasteiger partial charge on any atom is 0.359 e. The lowest BCUT2D eigenvalue weighted by Crippen LogP contribution is -2.26. The number of esters is 1. The van der Waals surface area contributed by atoms with Crippen LogP contribution in [0.4, 0.5) is 17.1 Å². The standard InChI is InChI=1S/C24H19N5O4/c1-29-23(31)20-10-6-5-9-19(20)22(28-29)24(32)33-15-21(30)25-16-11-13-18(14-12-16)27-26-17-7-3-2-4-8-17/h2-14H,15H2,1H3,(H,25,30). The van der Waals surface area contributed by atoms with Crippen LogP contribution in [0.25, 0.3) is 10.8 Å². The zero-order valence-corrected chi connectivity index (χ0v) is 17.6. The van der Waals surface area contributed by atoms with Crippen LogP contribution in [0.2, 0.25) is 0 Å². The second kappa shape index (κ2) is 9.65. The third kappa shape index (κ3) is 5.16. The van der Waals surface area contributed by atoms with E-state index in [1.807, 2.05) is 30.3 Å². The molecule has 0 aliphatic heterocycles. The quantitative estimate of drug-likeness (QED) is 0.357. The first kappa shape index (κ1) is 21.6. The van der Waals surface area contributed by atoms with Gasteiger partial charge in [-0.05, 0) is 42.5 Å². The lowest BCUT2D eigenvalue weighted by molar-refractivity contribution is -0.119. The summed E-state index contributed by atoms with van der Waals surface area (Å²) in [5.41, 5.74) is 1.51. The number of nitrogens with one attached hydrogen (secondary N) is 1. The predicted molar refractivity (Wildman–Crippen MR) is 123 cm³/mol. The molecule has 0 aliphatic rings. The predicted octanol–water partition coefficient (Wildman–Crippen LogP) is 4.14. The summed E-state index contributed by atoms with van der Waals surface area (Å²) in [5, 5.41) is 15.6. The summed E-state index contributed by atoms with van der Waals surface area (Å²) >= 11 is 0. The van der Waals surface area contributed by atoms with Gasteiger partial charge in [0.25, 0.3) is 11.5 Å². The van der Waals surface area contributed by atoms with Crippen molar-refractivity contribution in [1.82, 2.24) is 9.78 Å². The fourth-order valence-corrected chi connectivity index (χ4v) is 3.07. The SMILES string of the molecule is Cn1nc(C(=O)OCC(=O)Nc2ccc(N=Nc3ccccc3)cc2)c2ccccc2c1=O. The minimum atomic E-state index is -0.798. The molecule has 0 fully saturated rings. The summed E-state index contributed by atoms with van der Waals surface area (Å²) in [6.45, 7) is -0.507. The van der Waals surface area contributed by atoms with Crippen LogP contribution in [0, 0.1) is 0 Å². The summed E-state index contributed by atoms with van der Waals surface area (Å²) in [5.74, 6) is -1.32. The van der Waals surface area contributed by atoms with E-state index in [1.165, 1.54) is 7.05 Å². The second-order valence-corrected chi connectivity index (χ2v) is 7.03. The number of carbonyl (C=O) groups is 2. The van der Waals surface area contributed by atoms with Crippen molar-refractivity contribution in [1.29, 1.82) is 0 Å². The van der Waals surface area contributed by atoms with Crippen molar-refractivity contribution in [3.8, 4) is 0 Å². The van der Waals surface area contributed by atoms with Gasteiger partial charge in [0.1, 0.15) is 0 Å². The van der Waals surface area contributed by atoms with E-state index in [0.717, 1.165) is 10.4 Å². The summed E-state index contributed by atoms with van der Waals surface area (Å²) in [6, 6.07) is 22.7.